The number of carbonyl (C=O) groups excluding carboxylic acids is 2. The van der Waals surface area contributed by atoms with Crippen LogP contribution in [0, 0.1) is 6.92 Å². The molecule has 1 aliphatic heterocycles. The van der Waals surface area contributed by atoms with Crippen LogP contribution < -0.4 is 16.2 Å². The lowest BCUT2D eigenvalue weighted by molar-refractivity contribution is 0.102. The molecule has 3 amide bonds. The van der Waals surface area contributed by atoms with Crippen LogP contribution >= 0.6 is 27.5 Å². The first-order valence-electron chi connectivity index (χ1n) is 13.0. The molecule has 0 saturated carbocycles. The summed E-state index contributed by atoms with van der Waals surface area (Å²) < 4.78 is 4.16. The van der Waals surface area contributed by atoms with Gasteiger partial charge in [-0.3, -0.25) is 14.3 Å². The van der Waals surface area contributed by atoms with Crippen LogP contribution in [0.1, 0.15) is 40.4 Å². The van der Waals surface area contributed by atoms with Crippen LogP contribution in [0.2, 0.25) is 5.02 Å². The predicted octanol–water partition coefficient (Wildman–Crippen LogP) is 6.56. The number of hydrogen-bond donors (Lipinski definition) is 2. The number of nitrogens with one attached hydrogen (secondary N) is 2. The van der Waals surface area contributed by atoms with E-state index < -0.39 is 5.91 Å². The first-order chi connectivity index (χ1) is 19.2. The third-order valence-corrected chi connectivity index (χ3v) is 8.17. The van der Waals surface area contributed by atoms with Gasteiger partial charge in [-0.15, -0.1) is 0 Å². The zero-order valence-electron chi connectivity index (χ0n) is 22.2. The minimum Gasteiger partial charge on any atom is -0.324 e. The summed E-state index contributed by atoms with van der Waals surface area (Å²) in [5.74, 6) is -0.140. The van der Waals surface area contributed by atoms with E-state index in [1.807, 2.05) is 48.5 Å². The molecule has 1 fully saturated rings. The second-order valence-electron chi connectivity index (χ2n) is 9.83. The molecule has 2 N–H and O–H groups in total. The highest BCUT2D eigenvalue weighted by molar-refractivity contribution is 9.10. The number of anilines is 2. The molecule has 0 spiro atoms. The summed E-state index contributed by atoms with van der Waals surface area (Å²) in [6, 6.07) is 21.6. The number of carbonyl (C=O) groups is 2. The smallest absolute Gasteiger partial charge is 0.321 e. The Bertz CT molecular complexity index is 1620. The minimum atomic E-state index is -0.436. The molecule has 1 aromatic heterocycles. The topological polar surface area (TPSA) is 88.4 Å². The van der Waals surface area contributed by atoms with Gasteiger partial charge in [-0.05, 0) is 73.7 Å². The summed E-state index contributed by atoms with van der Waals surface area (Å²) in [5, 5.41) is 6.41. The fraction of sp³-hybridized carbons (Fsp3) is 0.233. The number of piperidine rings is 1. The van der Waals surface area contributed by atoms with Crippen molar-refractivity contribution in [1.29, 1.82) is 0 Å². The average molecular weight is 623 g/mol. The van der Waals surface area contributed by atoms with Crippen LogP contribution in [0.5, 0.6) is 0 Å². The number of urea groups is 1. The highest BCUT2D eigenvalue weighted by atomic mass is 79.9. The van der Waals surface area contributed by atoms with E-state index in [1.165, 1.54) is 4.68 Å². The van der Waals surface area contributed by atoms with Crippen LogP contribution in [-0.2, 0) is 7.05 Å². The van der Waals surface area contributed by atoms with Crippen molar-refractivity contribution in [2.24, 2.45) is 7.05 Å². The number of aromatic nitrogens is 2. The van der Waals surface area contributed by atoms with Crippen LogP contribution in [0.15, 0.2) is 82.1 Å². The summed E-state index contributed by atoms with van der Waals surface area (Å²) in [6.07, 6.45) is 1.63. The van der Waals surface area contributed by atoms with Crippen molar-refractivity contribution in [3.8, 4) is 5.69 Å². The SMILES string of the molecule is Cc1c(NC(=O)c2cccc(NC(=O)N3CCC(c4ccc(Br)cc4Cl)CC3)c2)c(=O)n(-c2ccccc2)n1C. The fourth-order valence-corrected chi connectivity index (χ4v) is 5.89. The van der Waals surface area contributed by atoms with E-state index in [-0.39, 0.29) is 17.3 Å². The Hall–Kier alpha value is -3.82. The van der Waals surface area contributed by atoms with Gasteiger partial charge in [0.25, 0.3) is 11.5 Å². The molecule has 40 heavy (non-hydrogen) atoms. The second kappa shape index (κ2) is 11.7. The normalized spacial score (nSPS) is 13.8. The third-order valence-electron chi connectivity index (χ3n) is 7.35. The number of nitrogens with zero attached hydrogens (tertiary/aromatic N) is 3. The maximum absolute atomic E-state index is 13.2. The van der Waals surface area contributed by atoms with E-state index in [0.717, 1.165) is 27.9 Å². The van der Waals surface area contributed by atoms with Crippen LogP contribution in [-0.4, -0.2) is 39.3 Å². The molecule has 1 saturated heterocycles. The van der Waals surface area contributed by atoms with Gasteiger partial charge in [0.05, 0.1) is 11.4 Å². The predicted molar refractivity (Wildman–Crippen MR) is 162 cm³/mol. The summed E-state index contributed by atoms with van der Waals surface area (Å²) in [7, 11) is 1.77. The molecule has 10 heteroatoms. The Labute approximate surface area is 245 Å². The van der Waals surface area contributed by atoms with Gasteiger partial charge in [0.15, 0.2) is 0 Å². The van der Waals surface area contributed by atoms with E-state index in [1.54, 1.807) is 47.8 Å². The van der Waals surface area contributed by atoms with Crippen molar-refractivity contribution in [2.75, 3.05) is 23.7 Å². The number of likely N-dealkylation sites (tertiary alicyclic amines) is 1. The van der Waals surface area contributed by atoms with Crippen molar-refractivity contribution in [3.05, 3.63) is 109 Å². The molecule has 1 aliphatic rings. The highest BCUT2D eigenvalue weighted by Crippen LogP contribution is 2.34. The molecule has 2 heterocycles. The molecule has 4 aromatic rings. The first kappa shape index (κ1) is 27.7. The van der Waals surface area contributed by atoms with Gasteiger partial charge in [-0.1, -0.05) is 57.9 Å². The van der Waals surface area contributed by atoms with E-state index in [4.69, 9.17) is 11.6 Å². The maximum Gasteiger partial charge on any atom is 0.321 e. The third kappa shape index (κ3) is 5.71. The molecule has 3 aromatic carbocycles. The lowest BCUT2D eigenvalue weighted by Gasteiger charge is -2.32. The summed E-state index contributed by atoms with van der Waals surface area (Å²) in [5.41, 5.74) is 3.15. The zero-order chi connectivity index (χ0) is 28.4. The van der Waals surface area contributed by atoms with Crippen molar-refractivity contribution in [3.63, 3.8) is 0 Å². The summed E-state index contributed by atoms with van der Waals surface area (Å²) in [4.78, 5) is 41.1. The number of amides is 3. The Kier molecular flexibility index (Phi) is 8.14. The lowest BCUT2D eigenvalue weighted by atomic mass is 9.89. The van der Waals surface area contributed by atoms with Gasteiger partial charge in [0.2, 0.25) is 0 Å². The number of benzene rings is 3. The minimum absolute atomic E-state index is 0.208. The summed E-state index contributed by atoms with van der Waals surface area (Å²) >= 11 is 9.88. The van der Waals surface area contributed by atoms with E-state index in [2.05, 4.69) is 26.6 Å². The molecule has 0 unspecified atom stereocenters. The molecular weight excluding hydrogens is 594 g/mol. The van der Waals surface area contributed by atoms with E-state index in [9.17, 15) is 14.4 Å². The van der Waals surface area contributed by atoms with Crippen LogP contribution in [0.3, 0.4) is 0 Å². The monoisotopic (exact) mass is 621 g/mol. The van der Waals surface area contributed by atoms with Gasteiger partial charge < -0.3 is 15.5 Å². The lowest BCUT2D eigenvalue weighted by Crippen LogP contribution is -2.40. The zero-order valence-corrected chi connectivity index (χ0v) is 24.5. The quantitative estimate of drug-likeness (QED) is 0.264. The number of halogens is 2. The fourth-order valence-electron chi connectivity index (χ4n) is 5.06. The molecule has 0 atom stereocenters. The molecule has 5 rings (SSSR count). The Balaban J connectivity index is 1.24. The standard InChI is InChI=1S/C30H29BrClN5O3/c1-19-27(29(39)37(35(19)2)24-9-4-3-5-10-24)34-28(38)21-7-6-8-23(17-21)33-30(40)36-15-13-20(14-16-36)25-12-11-22(31)18-26(25)32/h3-12,17-18,20H,13-16H2,1-2H3,(H,33,40)(H,34,38). The van der Waals surface area contributed by atoms with Gasteiger partial charge in [-0.2, -0.15) is 0 Å². The largest absolute Gasteiger partial charge is 0.324 e. The van der Waals surface area contributed by atoms with Crippen molar-refractivity contribution in [1.82, 2.24) is 14.3 Å². The van der Waals surface area contributed by atoms with Gasteiger partial charge in [0, 0.05) is 40.9 Å². The van der Waals surface area contributed by atoms with E-state index in [0.29, 0.717) is 41.6 Å². The van der Waals surface area contributed by atoms with Crippen molar-refractivity contribution in [2.45, 2.75) is 25.7 Å². The highest BCUT2D eigenvalue weighted by Gasteiger charge is 2.25. The molecular formula is C30H29BrClN5O3. The molecule has 206 valence electrons. The van der Waals surface area contributed by atoms with Gasteiger partial charge in [-0.25, -0.2) is 9.48 Å². The Morgan fingerprint density at radius 3 is 2.38 bits per heavy atom. The Morgan fingerprint density at radius 2 is 1.68 bits per heavy atom. The summed E-state index contributed by atoms with van der Waals surface area (Å²) in [6.45, 7) is 2.98. The van der Waals surface area contributed by atoms with Crippen LogP contribution in [0.25, 0.3) is 5.69 Å². The van der Waals surface area contributed by atoms with Crippen molar-refractivity contribution < 1.29 is 9.59 Å². The van der Waals surface area contributed by atoms with Crippen molar-refractivity contribution >= 4 is 50.8 Å². The number of para-hydroxylation sites is 1. The number of hydrogen-bond acceptors (Lipinski definition) is 3. The molecule has 0 aliphatic carbocycles. The number of rotatable bonds is 5. The molecule has 0 bridgehead atoms. The molecule has 8 nitrogen and oxygen atoms in total. The average Bonchev–Trinajstić information content (AvgIpc) is 3.16. The first-order valence-corrected chi connectivity index (χ1v) is 14.2. The van der Waals surface area contributed by atoms with Gasteiger partial charge >= 0.3 is 6.03 Å². The second-order valence-corrected chi connectivity index (χ2v) is 11.2. The van der Waals surface area contributed by atoms with Crippen LogP contribution in [0.4, 0.5) is 16.2 Å². The maximum atomic E-state index is 13.2. The van der Waals surface area contributed by atoms with E-state index >= 15 is 0 Å². The van der Waals surface area contributed by atoms with Gasteiger partial charge in [0.1, 0.15) is 5.69 Å². The Morgan fingerprint density at radius 1 is 0.950 bits per heavy atom. The molecule has 0 radical (unpaired) electrons.